The van der Waals surface area contributed by atoms with Gasteiger partial charge in [-0.05, 0) is 38.8 Å². The molecule has 0 aliphatic rings. The van der Waals surface area contributed by atoms with Gasteiger partial charge in [-0.2, -0.15) is 0 Å². The number of likely N-dealkylation sites (N-methyl/N-ethyl adjacent to an activating group) is 2. The van der Waals surface area contributed by atoms with Crippen LogP contribution in [0.3, 0.4) is 0 Å². The first-order valence-electron chi connectivity index (χ1n) is 6.91. The zero-order valence-corrected chi connectivity index (χ0v) is 12.9. The molecule has 0 heterocycles. The molecule has 0 saturated heterocycles. The van der Waals surface area contributed by atoms with Crippen molar-refractivity contribution in [3.05, 3.63) is 0 Å². The van der Waals surface area contributed by atoms with Gasteiger partial charge in [0.25, 0.3) is 0 Å². The molecule has 19 heavy (non-hydrogen) atoms. The Morgan fingerprint density at radius 1 is 0.842 bits per heavy atom. The van der Waals surface area contributed by atoms with E-state index >= 15 is 0 Å². The summed E-state index contributed by atoms with van der Waals surface area (Å²) in [6.07, 6.45) is 1.30. The molecule has 0 aromatic rings. The van der Waals surface area contributed by atoms with Crippen molar-refractivity contribution >= 4 is 11.9 Å². The van der Waals surface area contributed by atoms with Crippen molar-refractivity contribution in [3.8, 4) is 0 Å². The predicted molar refractivity (Wildman–Crippen MR) is 75.7 cm³/mol. The second-order valence-electron chi connectivity index (χ2n) is 5.68. The summed E-state index contributed by atoms with van der Waals surface area (Å²) in [6.45, 7) is 8.09. The van der Waals surface area contributed by atoms with Crippen LogP contribution in [0.15, 0.2) is 0 Å². The zero-order chi connectivity index (χ0) is 15.0. The fourth-order valence-electron chi connectivity index (χ4n) is 1.85. The molecule has 0 bridgehead atoms. The van der Waals surface area contributed by atoms with Crippen molar-refractivity contribution in [1.82, 2.24) is 10.6 Å². The Balaban J connectivity index is 4.47. The Morgan fingerprint density at radius 3 is 1.37 bits per heavy atom. The van der Waals surface area contributed by atoms with Gasteiger partial charge in [-0.25, -0.2) is 9.59 Å². The zero-order valence-electron chi connectivity index (χ0n) is 12.9. The van der Waals surface area contributed by atoms with Crippen LogP contribution in [0.4, 0.5) is 0 Å². The quantitative estimate of drug-likeness (QED) is 0.515. The summed E-state index contributed by atoms with van der Waals surface area (Å²) in [5.74, 6) is -0.276. The number of hydrogen-bond acceptors (Lipinski definition) is 5. The van der Waals surface area contributed by atoms with Crippen LogP contribution in [0.2, 0.25) is 0 Å². The lowest BCUT2D eigenvalue weighted by Crippen LogP contribution is -2.43. The highest BCUT2D eigenvalue weighted by Crippen LogP contribution is 2.09. The molecule has 0 unspecified atom stereocenters. The molecule has 5 nitrogen and oxygen atoms in total. The maximum absolute atomic E-state index is 11.9. The summed E-state index contributed by atoms with van der Waals surface area (Å²) in [7, 11) is 3.39. The molecular weight excluding hydrogens is 244 g/mol. The van der Waals surface area contributed by atoms with E-state index in [0.29, 0.717) is 24.7 Å². The molecule has 0 aliphatic carbocycles. The molecule has 2 atom stereocenters. The fourth-order valence-corrected chi connectivity index (χ4v) is 1.85. The van der Waals surface area contributed by atoms with Gasteiger partial charge in [0.1, 0.15) is 12.1 Å². The van der Waals surface area contributed by atoms with Crippen molar-refractivity contribution in [2.24, 2.45) is 11.8 Å². The summed E-state index contributed by atoms with van der Waals surface area (Å²) >= 11 is 0. The number of carbonyl (C=O) groups is 2. The van der Waals surface area contributed by atoms with Crippen LogP contribution >= 0.6 is 0 Å². The Morgan fingerprint density at radius 2 is 1.16 bits per heavy atom. The molecule has 0 aromatic carbocycles. The SMILES string of the molecule is CN[C@@H](CC(C)C)C(=O)OC(=O)[C@H](CC(C)C)NC. The summed E-state index contributed by atoms with van der Waals surface area (Å²) in [4.78, 5) is 23.8. The van der Waals surface area contributed by atoms with Crippen LogP contribution in [-0.2, 0) is 14.3 Å². The van der Waals surface area contributed by atoms with Gasteiger partial charge in [-0.15, -0.1) is 0 Å². The summed E-state index contributed by atoms with van der Waals surface area (Å²) in [6, 6.07) is -0.860. The van der Waals surface area contributed by atoms with Gasteiger partial charge in [0.05, 0.1) is 0 Å². The van der Waals surface area contributed by atoms with Crippen LogP contribution in [0, 0.1) is 11.8 Å². The minimum Gasteiger partial charge on any atom is -0.391 e. The van der Waals surface area contributed by atoms with Crippen LogP contribution < -0.4 is 10.6 Å². The number of hydrogen-bond donors (Lipinski definition) is 2. The fraction of sp³-hybridized carbons (Fsp3) is 0.857. The van der Waals surface area contributed by atoms with E-state index in [-0.39, 0.29) is 0 Å². The monoisotopic (exact) mass is 272 g/mol. The van der Waals surface area contributed by atoms with Gasteiger partial charge in [-0.3, -0.25) is 0 Å². The average molecular weight is 272 g/mol. The maximum Gasteiger partial charge on any atom is 0.330 e. The molecular formula is C14H28N2O3. The van der Waals surface area contributed by atoms with Crippen molar-refractivity contribution < 1.29 is 14.3 Å². The topological polar surface area (TPSA) is 67.4 Å². The van der Waals surface area contributed by atoms with Gasteiger partial charge in [-0.1, -0.05) is 27.7 Å². The predicted octanol–water partition coefficient (Wildman–Crippen LogP) is 1.32. The lowest BCUT2D eigenvalue weighted by Gasteiger charge is -2.19. The van der Waals surface area contributed by atoms with Crippen molar-refractivity contribution in [2.75, 3.05) is 14.1 Å². The molecule has 112 valence electrons. The van der Waals surface area contributed by atoms with E-state index in [1.807, 2.05) is 27.7 Å². The van der Waals surface area contributed by atoms with E-state index in [0.717, 1.165) is 0 Å². The normalized spacial score (nSPS) is 14.5. The molecule has 2 N–H and O–H groups in total. The highest BCUT2D eigenvalue weighted by atomic mass is 16.6. The van der Waals surface area contributed by atoms with Crippen LogP contribution in [0.1, 0.15) is 40.5 Å². The van der Waals surface area contributed by atoms with Gasteiger partial charge in [0.15, 0.2) is 0 Å². The summed E-state index contributed by atoms with van der Waals surface area (Å²) in [5.41, 5.74) is 0. The highest BCUT2D eigenvalue weighted by molar-refractivity contribution is 5.90. The Hall–Kier alpha value is -0.940. The Labute approximate surface area is 116 Å². The first-order chi connectivity index (χ1) is 8.81. The lowest BCUT2D eigenvalue weighted by molar-refractivity contribution is -0.163. The Bertz CT molecular complexity index is 262. The van der Waals surface area contributed by atoms with Crippen LogP contribution in [-0.4, -0.2) is 38.1 Å². The molecule has 5 heteroatoms. The van der Waals surface area contributed by atoms with Crippen molar-refractivity contribution in [3.63, 3.8) is 0 Å². The second-order valence-corrected chi connectivity index (χ2v) is 5.68. The molecule has 0 saturated carbocycles. The summed E-state index contributed by atoms with van der Waals surface area (Å²) < 4.78 is 4.96. The first kappa shape index (κ1) is 18.1. The first-order valence-corrected chi connectivity index (χ1v) is 6.91. The standard InChI is InChI=1S/C14H28N2O3/c1-9(2)7-11(15-5)13(17)19-14(18)12(16-6)8-10(3)4/h9-12,15-16H,7-8H2,1-6H3/t11-,12-/m0/s1. The lowest BCUT2D eigenvalue weighted by atomic mass is 10.0. The number of ether oxygens (including phenoxy) is 1. The molecule has 0 rings (SSSR count). The van der Waals surface area contributed by atoms with Crippen LogP contribution in [0.5, 0.6) is 0 Å². The number of rotatable bonds is 8. The van der Waals surface area contributed by atoms with E-state index in [9.17, 15) is 9.59 Å². The van der Waals surface area contributed by atoms with Crippen molar-refractivity contribution in [1.29, 1.82) is 0 Å². The van der Waals surface area contributed by atoms with E-state index in [4.69, 9.17) is 4.74 Å². The average Bonchev–Trinajstić information content (AvgIpc) is 2.31. The van der Waals surface area contributed by atoms with Gasteiger partial charge in [0, 0.05) is 0 Å². The van der Waals surface area contributed by atoms with Crippen molar-refractivity contribution in [2.45, 2.75) is 52.6 Å². The van der Waals surface area contributed by atoms with Crippen LogP contribution in [0.25, 0.3) is 0 Å². The minimum absolute atomic E-state index is 0.357. The Kier molecular flexibility index (Phi) is 8.59. The molecule has 0 aromatic heterocycles. The van der Waals surface area contributed by atoms with E-state index in [1.54, 1.807) is 14.1 Å². The smallest absolute Gasteiger partial charge is 0.330 e. The van der Waals surface area contributed by atoms with Gasteiger partial charge in [0.2, 0.25) is 0 Å². The molecule has 0 aliphatic heterocycles. The molecule has 0 spiro atoms. The number of esters is 2. The highest BCUT2D eigenvalue weighted by Gasteiger charge is 2.26. The van der Waals surface area contributed by atoms with E-state index < -0.39 is 24.0 Å². The van der Waals surface area contributed by atoms with E-state index in [2.05, 4.69) is 10.6 Å². The van der Waals surface area contributed by atoms with Gasteiger partial charge < -0.3 is 15.4 Å². The maximum atomic E-state index is 11.9. The molecule has 0 amide bonds. The van der Waals surface area contributed by atoms with E-state index in [1.165, 1.54) is 0 Å². The number of nitrogens with one attached hydrogen (secondary N) is 2. The minimum atomic E-state index is -0.495. The molecule has 0 fully saturated rings. The third-order valence-corrected chi connectivity index (χ3v) is 2.88. The van der Waals surface area contributed by atoms with Gasteiger partial charge >= 0.3 is 11.9 Å². The number of carbonyl (C=O) groups excluding carboxylic acids is 2. The second kappa shape index (κ2) is 9.04. The molecule has 0 radical (unpaired) electrons. The third kappa shape index (κ3) is 7.28. The summed E-state index contributed by atoms with van der Waals surface area (Å²) in [5, 5.41) is 5.78. The largest absolute Gasteiger partial charge is 0.391 e. The third-order valence-electron chi connectivity index (χ3n) is 2.88.